The molecule has 0 aliphatic rings. The number of nitrogens with one attached hydrogen (secondary N) is 1. The second kappa shape index (κ2) is 8.82. The quantitative estimate of drug-likeness (QED) is 0.485. The fraction of sp³-hybridized carbons (Fsp3) is 0.211. The molecule has 0 fully saturated rings. The van der Waals surface area contributed by atoms with E-state index in [2.05, 4.69) is 10.3 Å². The van der Waals surface area contributed by atoms with Gasteiger partial charge in [-0.25, -0.2) is 4.98 Å². The van der Waals surface area contributed by atoms with E-state index in [1.807, 2.05) is 55.5 Å². The van der Waals surface area contributed by atoms with Crippen molar-refractivity contribution < 1.29 is 14.3 Å². The zero-order chi connectivity index (χ0) is 18.4. The van der Waals surface area contributed by atoms with E-state index in [1.54, 1.807) is 11.3 Å². The molecule has 0 radical (unpaired) electrons. The molecule has 1 aromatic heterocycles. The Balaban J connectivity index is 1.37. The van der Waals surface area contributed by atoms with Crippen LogP contribution >= 0.6 is 23.1 Å². The molecule has 0 saturated carbocycles. The Morgan fingerprint density at radius 1 is 1.15 bits per heavy atom. The minimum Gasteiger partial charge on any atom is -0.456 e. The van der Waals surface area contributed by atoms with Gasteiger partial charge < -0.3 is 10.1 Å². The summed E-state index contributed by atoms with van der Waals surface area (Å²) in [6.07, 6.45) is 0.235. The molecule has 0 saturated heterocycles. The van der Waals surface area contributed by atoms with Crippen LogP contribution in [0.4, 0.5) is 5.69 Å². The van der Waals surface area contributed by atoms with Crippen LogP contribution in [0.1, 0.15) is 12.0 Å². The summed E-state index contributed by atoms with van der Waals surface area (Å²) < 4.78 is 7.07. The zero-order valence-electron chi connectivity index (χ0n) is 14.2. The Labute approximate surface area is 159 Å². The van der Waals surface area contributed by atoms with Crippen molar-refractivity contribution in [2.24, 2.45) is 0 Å². The van der Waals surface area contributed by atoms with Gasteiger partial charge in [-0.3, -0.25) is 9.59 Å². The minimum absolute atomic E-state index is 0.235. The number of rotatable bonds is 7. The van der Waals surface area contributed by atoms with E-state index < -0.39 is 5.97 Å². The number of carbonyl (C=O) groups is 2. The Hall–Kier alpha value is -2.38. The number of nitrogens with zero attached hydrogens (tertiary/aromatic N) is 1. The lowest BCUT2D eigenvalue weighted by Crippen LogP contribution is -2.21. The third-order valence-corrected chi connectivity index (χ3v) is 5.69. The molecule has 2 aromatic carbocycles. The number of aromatic nitrogens is 1. The van der Waals surface area contributed by atoms with Crippen molar-refractivity contribution in [1.29, 1.82) is 0 Å². The maximum absolute atomic E-state index is 11.8. The van der Waals surface area contributed by atoms with Crippen LogP contribution in [0.15, 0.2) is 52.9 Å². The average molecular weight is 386 g/mol. The van der Waals surface area contributed by atoms with E-state index in [0.717, 1.165) is 20.1 Å². The second-order valence-electron chi connectivity index (χ2n) is 5.62. The van der Waals surface area contributed by atoms with E-state index in [9.17, 15) is 9.59 Å². The summed E-state index contributed by atoms with van der Waals surface area (Å²) in [7, 11) is 0. The molecule has 134 valence electrons. The van der Waals surface area contributed by atoms with Crippen molar-refractivity contribution >= 4 is 50.9 Å². The molecule has 0 bridgehead atoms. The number of aryl methyl sites for hydroxylation is 1. The highest BCUT2D eigenvalue weighted by Crippen LogP contribution is 2.29. The van der Waals surface area contributed by atoms with Crippen LogP contribution in [0.25, 0.3) is 10.2 Å². The van der Waals surface area contributed by atoms with Crippen LogP contribution in [0.5, 0.6) is 0 Å². The summed E-state index contributed by atoms with van der Waals surface area (Å²) in [5.41, 5.74) is 2.76. The Kier molecular flexibility index (Phi) is 6.25. The van der Waals surface area contributed by atoms with E-state index in [-0.39, 0.29) is 18.9 Å². The van der Waals surface area contributed by atoms with Crippen molar-refractivity contribution in [2.45, 2.75) is 17.7 Å². The van der Waals surface area contributed by atoms with E-state index in [0.29, 0.717) is 11.4 Å². The van der Waals surface area contributed by atoms with Crippen molar-refractivity contribution in [1.82, 2.24) is 4.98 Å². The monoisotopic (exact) mass is 386 g/mol. The summed E-state index contributed by atoms with van der Waals surface area (Å²) in [4.78, 5) is 28.1. The van der Waals surface area contributed by atoms with Crippen LogP contribution in [0.3, 0.4) is 0 Å². The molecule has 5 nitrogen and oxygen atoms in total. The molecule has 0 aliphatic carbocycles. The molecular formula is C19H18N2O3S2. The molecule has 1 heterocycles. The lowest BCUT2D eigenvalue weighted by atomic mass is 10.2. The zero-order valence-corrected chi connectivity index (χ0v) is 15.9. The first-order chi connectivity index (χ1) is 12.6. The van der Waals surface area contributed by atoms with Crippen LogP contribution in [-0.4, -0.2) is 29.2 Å². The number of hydrogen-bond donors (Lipinski definition) is 1. The first-order valence-electron chi connectivity index (χ1n) is 8.11. The minimum atomic E-state index is -0.391. The first-order valence-corrected chi connectivity index (χ1v) is 9.91. The molecule has 1 N–H and O–H groups in total. The van der Waals surface area contributed by atoms with Crippen molar-refractivity contribution in [3.63, 3.8) is 0 Å². The molecule has 0 spiro atoms. The topological polar surface area (TPSA) is 68.3 Å². The number of ether oxygens (including phenoxy) is 1. The van der Waals surface area contributed by atoms with Gasteiger partial charge in [0, 0.05) is 11.4 Å². The Morgan fingerprint density at radius 3 is 2.69 bits per heavy atom. The number of fused-ring (bicyclic) bond motifs is 1. The lowest BCUT2D eigenvalue weighted by molar-refractivity contribution is -0.146. The molecule has 0 unspecified atom stereocenters. The third-order valence-electron chi connectivity index (χ3n) is 3.51. The largest absolute Gasteiger partial charge is 0.456 e. The lowest BCUT2D eigenvalue weighted by Gasteiger charge is -2.06. The van der Waals surface area contributed by atoms with Gasteiger partial charge in [0.05, 0.1) is 16.6 Å². The van der Waals surface area contributed by atoms with Crippen LogP contribution < -0.4 is 5.32 Å². The summed E-state index contributed by atoms with van der Waals surface area (Å²) in [6.45, 7) is 1.69. The van der Waals surface area contributed by atoms with Crippen molar-refractivity contribution in [2.75, 3.05) is 17.7 Å². The smallest absolute Gasteiger partial charge is 0.307 e. The third kappa shape index (κ3) is 5.31. The summed E-state index contributed by atoms with van der Waals surface area (Å²) >= 11 is 3.12. The van der Waals surface area contributed by atoms with Gasteiger partial charge in [-0.1, -0.05) is 41.6 Å². The number of esters is 1. The number of para-hydroxylation sites is 1. The van der Waals surface area contributed by atoms with Gasteiger partial charge in [0.2, 0.25) is 0 Å². The molecule has 3 aromatic rings. The molecule has 0 aliphatic heterocycles. The van der Waals surface area contributed by atoms with E-state index >= 15 is 0 Å². The van der Waals surface area contributed by atoms with E-state index in [1.165, 1.54) is 11.8 Å². The van der Waals surface area contributed by atoms with Gasteiger partial charge in [0.25, 0.3) is 5.91 Å². The van der Waals surface area contributed by atoms with E-state index in [4.69, 9.17) is 4.74 Å². The fourth-order valence-corrected chi connectivity index (χ4v) is 4.24. The molecule has 26 heavy (non-hydrogen) atoms. The number of hydrogen-bond acceptors (Lipinski definition) is 6. The second-order valence-corrected chi connectivity index (χ2v) is 7.99. The predicted molar refractivity (Wildman–Crippen MR) is 106 cm³/mol. The van der Waals surface area contributed by atoms with Gasteiger partial charge in [-0.2, -0.15) is 0 Å². The summed E-state index contributed by atoms with van der Waals surface area (Å²) in [5.74, 6) is -0.170. The molecule has 3 rings (SSSR count). The number of anilines is 1. The Morgan fingerprint density at radius 2 is 1.92 bits per heavy atom. The van der Waals surface area contributed by atoms with Crippen LogP contribution in [-0.2, 0) is 14.3 Å². The number of thiazole rings is 1. The van der Waals surface area contributed by atoms with Crippen LogP contribution in [0, 0.1) is 6.92 Å². The molecule has 7 heteroatoms. The average Bonchev–Trinajstić information content (AvgIpc) is 3.05. The van der Waals surface area contributed by atoms with Crippen molar-refractivity contribution in [3.8, 4) is 0 Å². The number of benzene rings is 2. The normalized spacial score (nSPS) is 10.7. The standard InChI is InChI=1S/C19H18N2O3S2/c1-13-6-8-14(9-7-13)20-17(22)12-24-18(23)10-11-25-19-21-15-4-2-3-5-16(15)26-19/h2-9H,10-12H2,1H3,(H,20,22). The van der Waals surface area contributed by atoms with Gasteiger partial charge >= 0.3 is 5.97 Å². The van der Waals surface area contributed by atoms with Gasteiger partial charge in [-0.05, 0) is 31.2 Å². The van der Waals surface area contributed by atoms with Gasteiger partial charge in [-0.15, -0.1) is 11.3 Å². The van der Waals surface area contributed by atoms with Gasteiger partial charge in [0.15, 0.2) is 10.9 Å². The van der Waals surface area contributed by atoms with Crippen molar-refractivity contribution in [3.05, 3.63) is 54.1 Å². The highest BCUT2D eigenvalue weighted by molar-refractivity contribution is 8.01. The van der Waals surface area contributed by atoms with Gasteiger partial charge in [0.1, 0.15) is 0 Å². The Bertz CT molecular complexity index is 874. The molecule has 1 amide bonds. The number of thioether (sulfide) groups is 1. The summed E-state index contributed by atoms with van der Waals surface area (Å²) in [6, 6.07) is 15.4. The fourth-order valence-electron chi connectivity index (χ4n) is 2.19. The maximum atomic E-state index is 11.8. The molecular weight excluding hydrogens is 368 g/mol. The SMILES string of the molecule is Cc1ccc(NC(=O)COC(=O)CCSc2nc3ccccc3s2)cc1. The highest BCUT2D eigenvalue weighted by atomic mass is 32.2. The number of carbonyl (C=O) groups excluding carboxylic acids is 2. The highest BCUT2D eigenvalue weighted by Gasteiger charge is 2.09. The maximum Gasteiger partial charge on any atom is 0.307 e. The predicted octanol–water partition coefficient (Wildman–Crippen LogP) is 4.27. The number of amides is 1. The summed E-state index contributed by atoms with van der Waals surface area (Å²) in [5, 5.41) is 2.69. The molecule has 0 atom stereocenters. The first kappa shape index (κ1) is 18.4. The van der Waals surface area contributed by atoms with Crippen LogP contribution in [0.2, 0.25) is 0 Å².